The van der Waals surface area contributed by atoms with Crippen molar-refractivity contribution in [1.82, 2.24) is 4.90 Å². The molecule has 0 radical (unpaired) electrons. The van der Waals surface area contributed by atoms with Crippen LogP contribution in [0.2, 0.25) is 5.02 Å². The lowest BCUT2D eigenvalue weighted by Crippen LogP contribution is -2.31. The standard InChI is InChI=1S/C21H18ClNO6/c22-16-11-13(12-17-18(16)28-10-4-9-27-17)21(26)29-8-3-7-23-19(24)14-5-1-2-6-15(14)20(23)25/h1-2,5-6,11-12H,3-4,7-10H2. The molecule has 2 aromatic rings. The number of carbonyl (C=O) groups is 3. The molecule has 0 aliphatic carbocycles. The third-order valence-electron chi connectivity index (χ3n) is 4.68. The van der Waals surface area contributed by atoms with Gasteiger partial charge in [-0.2, -0.15) is 0 Å². The molecule has 2 amide bonds. The van der Waals surface area contributed by atoms with Gasteiger partial charge in [0.1, 0.15) is 0 Å². The van der Waals surface area contributed by atoms with E-state index in [-0.39, 0.29) is 35.6 Å². The van der Waals surface area contributed by atoms with E-state index in [0.29, 0.717) is 42.3 Å². The molecule has 0 spiro atoms. The molecule has 2 aromatic carbocycles. The molecule has 4 rings (SSSR count). The van der Waals surface area contributed by atoms with Crippen LogP contribution in [0.4, 0.5) is 0 Å². The van der Waals surface area contributed by atoms with Crippen molar-refractivity contribution >= 4 is 29.4 Å². The van der Waals surface area contributed by atoms with Gasteiger partial charge in [-0.25, -0.2) is 4.79 Å². The van der Waals surface area contributed by atoms with E-state index in [1.54, 1.807) is 30.3 Å². The minimum absolute atomic E-state index is 0.0539. The lowest BCUT2D eigenvalue weighted by molar-refractivity contribution is 0.0482. The fourth-order valence-corrected chi connectivity index (χ4v) is 3.53. The zero-order valence-corrected chi connectivity index (χ0v) is 16.2. The SMILES string of the molecule is O=C(OCCCN1C(=O)c2ccccc2C1=O)c1cc(Cl)c2c(c1)OCCCO2. The van der Waals surface area contributed by atoms with Gasteiger partial charge in [0.25, 0.3) is 11.8 Å². The van der Waals surface area contributed by atoms with Gasteiger partial charge in [-0.1, -0.05) is 23.7 Å². The van der Waals surface area contributed by atoms with Crippen molar-refractivity contribution in [3.8, 4) is 11.5 Å². The first-order valence-corrected chi connectivity index (χ1v) is 9.65. The zero-order chi connectivity index (χ0) is 20.4. The summed E-state index contributed by atoms with van der Waals surface area (Å²) in [4.78, 5) is 38.1. The number of carbonyl (C=O) groups excluding carboxylic acids is 3. The van der Waals surface area contributed by atoms with Crippen molar-refractivity contribution < 1.29 is 28.6 Å². The van der Waals surface area contributed by atoms with Crippen molar-refractivity contribution in [3.63, 3.8) is 0 Å². The number of imide groups is 1. The van der Waals surface area contributed by atoms with Crippen LogP contribution >= 0.6 is 11.6 Å². The number of fused-ring (bicyclic) bond motifs is 2. The largest absolute Gasteiger partial charge is 0.489 e. The van der Waals surface area contributed by atoms with Crippen LogP contribution in [0.5, 0.6) is 11.5 Å². The lowest BCUT2D eigenvalue weighted by Gasteiger charge is -2.14. The van der Waals surface area contributed by atoms with E-state index in [1.807, 2.05) is 0 Å². The number of hydrogen-bond donors (Lipinski definition) is 0. The Bertz CT molecular complexity index is 954. The van der Waals surface area contributed by atoms with Crippen molar-refractivity contribution in [2.24, 2.45) is 0 Å². The number of benzene rings is 2. The van der Waals surface area contributed by atoms with Crippen molar-refractivity contribution in [2.75, 3.05) is 26.4 Å². The Morgan fingerprint density at radius 1 is 1.07 bits per heavy atom. The summed E-state index contributed by atoms with van der Waals surface area (Å²) in [5.41, 5.74) is 1.05. The van der Waals surface area contributed by atoms with Crippen molar-refractivity contribution in [2.45, 2.75) is 12.8 Å². The van der Waals surface area contributed by atoms with Crippen LogP contribution in [-0.4, -0.2) is 49.0 Å². The summed E-state index contributed by atoms with van der Waals surface area (Å²) in [5, 5.41) is 0.280. The maximum atomic E-state index is 12.3. The topological polar surface area (TPSA) is 82.1 Å². The van der Waals surface area contributed by atoms with E-state index in [9.17, 15) is 14.4 Å². The number of esters is 1. The van der Waals surface area contributed by atoms with E-state index in [1.165, 1.54) is 11.0 Å². The Labute approximate surface area is 172 Å². The highest BCUT2D eigenvalue weighted by Crippen LogP contribution is 2.38. The second-order valence-electron chi connectivity index (χ2n) is 6.63. The van der Waals surface area contributed by atoms with Gasteiger partial charge in [0, 0.05) is 13.0 Å². The quantitative estimate of drug-likeness (QED) is 0.423. The second kappa shape index (κ2) is 8.13. The molecule has 0 saturated heterocycles. The Morgan fingerprint density at radius 3 is 2.48 bits per heavy atom. The molecule has 150 valence electrons. The summed E-state index contributed by atoms with van der Waals surface area (Å²) < 4.78 is 16.4. The third kappa shape index (κ3) is 3.78. The van der Waals surface area contributed by atoms with Crippen LogP contribution in [0.25, 0.3) is 0 Å². The number of nitrogens with zero attached hydrogens (tertiary/aromatic N) is 1. The average molecular weight is 416 g/mol. The van der Waals surface area contributed by atoms with Crippen LogP contribution in [0.15, 0.2) is 36.4 Å². The maximum Gasteiger partial charge on any atom is 0.338 e. The highest BCUT2D eigenvalue weighted by molar-refractivity contribution is 6.32. The van der Waals surface area contributed by atoms with Crippen molar-refractivity contribution in [1.29, 1.82) is 0 Å². The molecule has 2 aliphatic rings. The Balaban J connectivity index is 1.33. The minimum Gasteiger partial charge on any atom is -0.489 e. The van der Waals surface area contributed by atoms with Gasteiger partial charge in [0.2, 0.25) is 0 Å². The van der Waals surface area contributed by atoms with Crippen LogP contribution in [0.3, 0.4) is 0 Å². The van der Waals surface area contributed by atoms with E-state index >= 15 is 0 Å². The molecule has 0 N–H and O–H groups in total. The van der Waals surface area contributed by atoms with E-state index in [2.05, 4.69) is 0 Å². The highest BCUT2D eigenvalue weighted by Gasteiger charge is 2.34. The first kappa shape index (κ1) is 19.3. The van der Waals surface area contributed by atoms with Gasteiger partial charge in [-0.15, -0.1) is 0 Å². The Morgan fingerprint density at radius 2 is 1.76 bits per heavy atom. The Kier molecular flexibility index (Phi) is 5.40. The number of hydrogen-bond acceptors (Lipinski definition) is 6. The molecule has 0 bridgehead atoms. The minimum atomic E-state index is -0.565. The van der Waals surface area contributed by atoms with Crippen LogP contribution in [-0.2, 0) is 4.74 Å². The molecular weight excluding hydrogens is 398 g/mol. The highest BCUT2D eigenvalue weighted by atomic mass is 35.5. The van der Waals surface area contributed by atoms with Gasteiger partial charge in [0.05, 0.1) is 41.5 Å². The summed E-state index contributed by atoms with van der Waals surface area (Å²) in [7, 11) is 0. The number of rotatable bonds is 5. The third-order valence-corrected chi connectivity index (χ3v) is 4.96. The molecule has 2 heterocycles. The Hall–Kier alpha value is -3.06. The first-order valence-electron chi connectivity index (χ1n) is 9.28. The smallest absolute Gasteiger partial charge is 0.338 e. The zero-order valence-electron chi connectivity index (χ0n) is 15.5. The number of amides is 2. The fraction of sp³-hybridized carbons (Fsp3) is 0.286. The molecule has 2 aliphatic heterocycles. The molecule has 29 heavy (non-hydrogen) atoms. The van der Waals surface area contributed by atoms with Crippen molar-refractivity contribution in [3.05, 3.63) is 58.1 Å². The molecular formula is C21H18ClNO6. The van der Waals surface area contributed by atoms with Crippen LogP contribution < -0.4 is 9.47 Å². The predicted octanol–water partition coefficient (Wildman–Crippen LogP) is 3.34. The molecule has 0 atom stereocenters. The van der Waals surface area contributed by atoms with Gasteiger partial charge in [-0.3, -0.25) is 14.5 Å². The van der Waals surface area contributed by atoms with Gasteiger partial charge in [0.15, 0.2) is 11.5 Å². The predicted molar refractivity (Wildman–Crippen MR) is 104 cm³/mol. The van der Waals surface area contributed by atoms with E-state index in [0.717, 1.165) is 6.42 Å². The number of halogens is 1. The number of ether oxygens (including phenoxy) is 3. The second-order valence-corrected chi connectivity index (χ2v) is 7.04. The van der Waals surface area contributed by atoms with E-state index in [4.69, 9.17) is 25.8 Å². The average Bonchev–Trinajstić information content (AvgIpc) is 2.89. The van der Waals surface area contributed by atoms with Gasteiger partial charge in [-0.05, 0) is 30.7 Å². The monoisotopic (exact) mass is 415 g/mol. The van der Waals surface area contributed by atoms with Crippen LogP contribution in [0.1, 0.15) is 43.9 Å². The fourth-order valence-electron chi connectivity index (χ4n) is 3.26. The maximum absolute atomic E-state index is 12.3. The molecule has 0 saturated carbocycles. The summed E-state index contributed by atoms with van der Waals surface area (Å²) in [6.07, 6.45) is 1.05. The van der Waals surface area contributed by atoms with Gasteiger partial charge >= 0.3 is 5.97 Å². The lowest BCUT2D eigenvalue weighted by atomic mass is 10.1. The first-order chi connectivity index (χ1) is 14.1. The normalized spacial score (nSPS) is 15.1. The van der Waals surface area contributed by atoms with E-state index < -0.39 is 5.97 Å². The molecule has 0 fully saturated rings. The summed E-state index contributed by atoms with van der Waals surface area (Å²) in [5.74, 6) is -0.387. The van der Waals surface area contributed by atoms with Crippen LogP contribution in [0, 0.1) is 0 Å². The molecule has 7 nitrogen and oxygen atoms in total. The summed E-state index contributed by atoms with van der Waals surface area (Å²) in [6.45, 7) is 1.19. The molecule has 8 heteroatoms. The summed E-state index contributed by atoms with van der Waals surface area (Å²) >= 11 is 6.19. The molecule has 0 aromatic heterocycles. The summed E-state index contributed by atoms with van der Waals surface area (Å²) in [6, 6.07) is 9.71. The molecule has 0 unspecified atom stereocenters. The van der Waals surface area contributed by atoms with Gasteiger partial charge < -0.3 is 14.2 Å².